The molecule has 2 heterocycles. The first kappa shape index (κ1) is 24.9. The number of carboxylic acid groups (broad SMARTS) is 1. The number of amides is 1. The minimum atomic E-state index is -5.08. The lowest BCUT2D eigenvalue weighted by molar-refractivity contribution is -0.192. The Morgan fingerprint density at radius 2 is 1.88 bits per heavy atom. The maximum absolute atomic E-state index is 12.6. The Morgan fingerprint density at radius 3 is 2.47 bits per heavy atom. The van der Waals surface area contributed by atoms with Gasteiger partial charge in [0.1, 0.15) is 5.82 Å². The number of carboxylic acids is 1. The molecular formula is C21H26F3N5O3. The molecule has 0 aliphatic carbocycles. The van der Waals surface area contributed by atoms with E-state index < -0.39 is 12.1 Å². The minimum Gasteiger partial charge on any atom is -0.475 e. The molecule has 8 nitrogen and oxygen atoms in total. The molecule has 174 valence electrons. The van der Waals surface area contributed by atoms with Crippen LogP contribution in [0.25, 0.3) is 0 Å². The third kappa shape index (κ3) is 7.71. The number of nitrogens with zero attached hydrogens (tertiary/aromatic N) is 3. The molecule has 0 radical (unpaired) electrons. The Kier molecular flexibility index (Phi) is 8.80. The summed E-state index contributed by atoms with van der Waals surface area (Å²) in [6, 6.07) is 10.1. The number of alkyl halides is 3. The summed E-state index contributed by atoms with van der Waals surface area (Å²) in [5.74, 6) is -1.17. The predicted molar refractivity (Wildman–Crippen MR) is 113 cm³/mol. The molecule has 1 saturated heterocycles. The summed E-state index contributed by atoms with van der Waals surface area (Å²) < 4.78 is 31.7. The van der Waals surface area contributed by atoms with Gasteiger partial charge in [0.25, 0.3) is 0 Å². The van der Waals surface area contributed by atoms with E-state index in [1.54, 1.807) is 13.2 Å². The molecule has 3 N–H and O–H groups in total. The average molecular weight is 453 g/mol. The molecule has 3 rings (SSSR count). The topological polar surface area (TPSA) is 107 Å². The van der Waals surface area contributed by atoms with Crippen LogP contribution in [0, 0.1) is 12.8 Å². The number of carbonyl (C=O) groups is 2. The first-order chi connectivity index (χ1) is 15.1. The zero-order valence-electron chi connectivity index (χ0n) is 17.8. The van der Waals surface area contributed by atoms with Gasteiger partial charge in [0, 0.05) is 32.9 Å². The largest absolute Gasteiger partial charge is 0.490 e. The van der Waals surface area contributed by atoms with Gasteiger partial charge in [-0.1, -0.05) is 29.8 Å². The normalized spacial score (nSPS) is 15.9. The van der Waals surface area contributed by atoms with E-state index in [-0.39, 0.29) is 11.8 Å². The second kappa shape index (κ2) is 11.3. The van der Waals surface area contributed by atoms with Crippen LogP contribution in [0.2, 0.25) is 0 Å². The number of nitrogens with one attached hydrogen (secondary N) is 2. The highest BCUT2D eigenvalue weighted by molar-refractivity contribution is 5.79. The van der Waals surface area contributed by atoms with Crippen molar-refractivity contribution in [2.75, 3.05) is 30.4 Å². The highest BCUT2D eigenvalue weighted by Crippen LogP contribution is 2.22. The molecule has 2 aromatic rings. The molecule has 32 heavy (non-hydrogen) atoms. The lowest BCUT2D eigenvalue weighted by Crippen LogP contribution is -2.43. The fraction of sp³-hybridized carbons (Fsp3) is 0.429. The van der Waals surface area contributed by atoms with Crippen LogP contribution in [0.3, 0.4) is 0 Å². The summed E-state index contributed by atoms with van der Waals surface area (Å²) in [7, 11) is 1.80. The Hall–Kier alpha value is -3.37. The fourth-order valence-corrected chi connectivity index (χ4v) is 3.08. The summed E-state index contributed by atoms with van der Waals surface area (Å²) in [6.45, 7) is 4.25. The number of aryl methyl sites for hydroxylation is 1. The molecule has 1 aromatic heterocycles. The lowest BCUT2D eigenvalue weighted by atomic mass is 9.97. The predicted octanol–water partition coefficient (Wildman–Crippen LogP) is 2.99. The number of hydrogen-bond donors (Lipinski definition) is 3. The first-order valence-electron chi connectivity index (χ1n) is 9.99. The molecule has 1 atom stereocenters. The van der Waals surface area contributed by atoms with E-state index in [0.29, 0.717) is 19.0 Å². The van der Waals surface area contributed by atoms with E-state index in [9.17, 15) is 18.0 Å². The zero-order chi connectivity index (χ0) is 23.7. The summed E-state index contributed by atoms with van der Waals surface area (Å²) >= 11 is 0. The highest BCUT2D eigenvalue weighted by Gasteiger charge is 2.38. The van der Waals surface area contributed by atoms with Crippen LogP contribution in [0.4, 0.5) is 24.9 Å². The number of anilines is 2. The van der Waals surface area contributed by atoms with Gasteiger partial charge in [-0.3, -0.25) is 4.79 Å². The van der Waals surface area contributed by atoms with E-state index >= 15 is 0 Å². The molecule has 0 bridgehead atoms. The summed E-state index contributed by atoms with van der Waals surface area (Å²) in [6.07, 6.45) is -1.43. The first-order valence-corrected chi connectivity index (χ1v) is 9.99. The molecule has 1 amide bonds. The number of hydrogen-bond acceptors (Lipinski definition) is 6. The van der Waals surface area contributed by atoms with Crippen LogP contribution in [-0.4, -0.2) is 53.3 Å². The zero-order valence-corrected chi connectivity index (χ0v) is 17.8. The number of benzene rings is 1. The summed E-state index contributed by atoms with van der Waals surface area (Å²) in [4.78, 5) is 32.3. The number of piperidine rings is 1. The monoisotopic (exact) mass is 453 g/mol. The molecule has 1 aromatic carbocycles. The van der Waals surface area contributed by atoms with Crippen molar-refractivity contribution in [3.05, 3.63) is 47.7 Å². The van der Waals surface area contributed by atoms with E-state index in [0.717, 1.165) is 30.8 Å². The summed E-state index contributed by atoms with van der Waals surface area (Å²) in [5.41, 5.74) is 2.35. The van der Waals surface area contributed by atoms with Crippen molar-refractivity contribution in [3.63, 3.8) is 0 Å². The Morgan fingerprint density at radius 1 is 1.22 bits per heavy atom. The fourth-order valence-electron chi connectivity index (χ4n) is 3.08. The third-order valence-electron chi connectivity index (χ3n) is 4.81. The second-order valence-electron chi connectivity index (χ2n) is 7.28. The third-order valence-corrected chi connectivity index (χ3v) is 4.81. The molecule has 0 unspecified atom stereocenters. The van der Waals surface area contributed by atoms with Crippen molar-refractivity contribution in [2.24, 2.45) is 5.92 Å². The van der Waals surface area contributed by atoms with Crippen LogP contribution in [0.1, 0.15) is 24.0 Å². The van der Waals surface area contributed by atoms with Crippen molar-refractivity contribution in [3.8, 4) is 0 Å². The Labute approximate surface area is 183 Å². The average Bonchev–Trinajstić information content (AvgIpc) is 2.78. The van der Waals surface area contributed by atoms with Crippen LogP contribution in [0.5, 0.6) is 0 Å². The van der Waals surface area contributed by atoms with Crippen LogP contribution in [0.15, 0.2) is 36.5 Å². The van der Waals surface area contributed by atoms with Gasteiger partial charge in [-0.25, -0.2) is 9.78 Å². The number of rotatable bonds is 5. The second-order valence-corrected chi connectivity index (χ2v) is 7.28. The Bertz CT molecular complexity index is 906. The molecular weight excluding hydrogens is 427 g/mol. The van der Waals surface area contributed by atoms with Crippen molar-refractivity contribution in [1.29, 1.82) is 0 Å². The molecule has 0 spiro atoms. The van der Waals surface area contributed by atoms with Crippen molar-refractivity contribution >= 4 is 23.6 Å². The van der Waals surface area contributed by atoms with Gasteiger partial charge in [-0.2, -0.15) is 18.2 Å². The number of aliphatic carboxylic acids is 1. The summed E-state index contributed by atoms with van der Waals surface area (Å²) in [5, 5.41) is 13.2. The molecule has 1 aliphatic heterocycles. The van der Waals surface area contributed by atoms with Crippen molar-refractivity contribution in [1.82, 2.24) is 15.3 Å². The van der Waals surface area contributed by atoms with Gasteiger partial charge in [0.2, 0.25) is 11.9 Å². The van der Waals surface area contributed by atoms with Gasteiger partial charge in [0.15, 0.2) is 0 Å². The van der Waals surface area contributed by atoms with Crippen molar-refractivity contribution < 1.29 is 27.9 Å². The molecule has 0 saturated carbocycles. The SMILES string of the molecule is CNc1nccc(N2CCC[C@H](C(=O)NCc3ccc(C)cc3)C2)n1.O=C(O)C(F)(F)F. The van der Waals surface area contributed by atoms with Gasteiger partial charge >= 0.3 is 12.1 Å². The Balaban J connectivity index is 0.000000451. The van der Waals surface area contributed by atoms with E-state index in [1.165, 1.54) is 5.56 Å². The molecule has 1 aliphatic rings. The van der Waals surface area contributed by atoms with Crippen LogP contribution in [-0.2, 0) is 16.1 Å². The molecule has 11 heteroatoms. The van der Waals surface area contributed by atoms with Gasteiger partial charge in [-0.05, 0) is 31.4 Å². The van der Waals surface area contributed by atoms with Gasteiger partial charge in [-0.15, -0.1) is 0 Å². The quantitative estimate of drug-likeness (QED) is 0.639. The molecule has 1 fully saturated rings. The van der Waals surface area contributed by atoms with Gasteiger partial charge in [0.05, 0.1) is 5.92 Å². The van der Waals surface area contributed by atoms with E-state index in [1.807, 2.05) is 6.07 Å². The van der Waals surface area contributed by atoms with E-state index in [2.05, 4.69) is 56.7 Å². The smallest absolute Gasteiger partial charge is 0.475 e. The standard InChI is InChI=1S/C19H25N5O.C2HF3O2/c1-14-5-7-15(8-6-14)12-22-18(25)16-4-3-11-24(13-16)17-9-10-21-19(20-2)23-17;3-2(4,5)1(6)7/h5-10,16H,3-4,11-13H2,1-2H3,(H,22,25)(H,20,21,23);(H,6,7)/t16-;/m0./s1. The van der Waals surface area contributed by atoms with Crippen LogP contribution < -0.4 is 15.5 Å². The maximum atomic E-state index is 12.6. The number of carbonyl (C=O) groups excluding carboxylic acids is 1. The number of aromatic nitrogens is 2. The van der Waals surface area contributed by atoms with Crippen LogP contribution >= 0.6 is 0 Å². The highest BCUT2D eigenvalue weighted by atomic mass is 19.4. The van der Waals surface area contributed by atoms with E-state index in [4.69, 9.17) is 9.90 Å². The van der Waals surface area contributed by atoms with Gasteiger partial charge < -0.3 is 20.6 Å². The minimum absolute atomic E-state index is 0.00722. The number of halogens is 3. The van der Waals surface area contributed by atoms with Crippen molar-refractivity contribution in [2.45, 2.75) is 32.5 Å². The maximum Gasteiger partial charge on any atom is 0.490 e. The lowest BCUT2D eigenvalue weighted by Gasteiger charge is -2.32.